The number of rotatable bonds is 32. The lowest BCUT2D eigenvalue weighted by molar-refractivity contribution is -0.161. The van der Waals surface area contributed by atoms with E-state index in [0.717, 1.165) is 12.8 Å². The summed E-state index contributed by atoms with van der Waals surface area (Å²) < 4.78 is 40.7. The number of carbonyl (C=O) groups is 8. The van der Waals surface area contributed by atoms with Gasteiger partial charge in [-0.2, -0.15) is 0 Å². The predicted octanol–water partition coefficient (Wildman–Crippen LogP) is 5.41. The van der Waals surface area contributed by atoms with E-state index in [1.165, 1.54) is 13.8 Å². The number of amides is 5. The van der Waals surface area contributed by atoms with Gasteiger partial charge in [-0.25, -0.2) is 14.4 Å². The van der Waals surface area contributed by atoms with Crippen molar-refractivity contribution >= 4 is 69.0 Å². The smallest absolute Gasteiger partial charge is 0.457 e. The fourth-order valence-electron chi connectivity index (χ4n) is 9.49. The second kappa shape index (κ2) is 38.1. The van der Waals surface area contributed by atoms with Crippen molar-refractivity contribution in [2.45, 2.75) is 299 Å². The van der Waals surface area contributed by atoms with Crippen molar-refractivity contribution in [3.05, 3.63) is 0 Å². The van der Waals surface area contributed by atoms with Gasteiger partial charge in [0.05, 0.1) is 28.4 Å². The van der Waals surface area contributed by atoms with E-state index in [0.29, 0.717) is 51.2 Å². The lowest BCUT2D eigenvalue weighted by atomic mass is 9.80. The van der Waals surface area contributed by atoms with Gasteiger partial charge in [-0.3, -0.25) is 24.0 Å². The highest BCUT2D eigenvalue weighted by Crippen LogP contribution is 2.40. The first-order valence-corrected chi connectivity index (χ1v) is 32.4. The minimum atomic E-state index is -1.44. The quantitative estimate of drug-likeness (QED) is 0.0228. The maximum atomic E-state index is 13.4. The Morgan fingerprint density at radius 3 is 1.24 bits per heavy atom. The third-order valence-corrected chi connectivity index (χ3v) is 16.6. The van der Waals surface area contributed by atoms with Crippen molar-refractivity contribution < 1.29 is 86.3 Å². The lowest BCUT2D eigenvalue weighted by Crippen LogP contribution is -2.54. The highest BCUT2D eigenvalue weighted by Gasteiger charge is 2.52. The molecule has 14 N–H and O–H groups in total. The summed E-state index contributed by atoms with van der Waals surface area (Å²) in [5, 5.41) is 40.3. The van der Waals surface area contributed by atoms with Crippen molar-refractivity contribution in [2.24, 2.45) is 46.8 Å². The molecule has 0 radical (unpaired) electrons. The van der Waals surface area contributed by atoms with E-state index >= 15 is 0 Å². The van der Waals surface area contributed by atoms with Crippen LogP contribution in [-0.2, 0) is 66.4 Å². The number of carboxylic acid groups (broad SMARTS) is 1. The molecule has 0 unspecified atom stereocenters. The van der Waals surface area contributed by atoms with E-state index in [1.54, 1.807) is 62.3 Å². The standard InChI is InChI=1S/C30H56BN3O8.C19H37BN2O5.C13H28BN3O5/c1-14-19(2)22(34-26(38)40-28(7,8)9)24(36)32-18-21(23(33-20(3)35)25(37)39-27(4,5)6)16-15-17-31-41-29(10,11)30(12,13)42-31;1-13(23)22-15(16(24)25-17(2,3)4)14(12-21)10-9-11-20-26-18(5,6)19(7,8)27-20;1-3-8(2)10(15)12(18)17-7-9(11(16)13(19)20)5-4-6-14(21)22/h19,21-23H,14-18H2,1-13H3,(H,32,36)(H,33,35)(H,34,38);14-15H,9-12,21H2,1-8H3,(H,22,23);8-11,21-22H,3-7,15-16H2,1-2H3,(H,17,18)(H,19,20)/t19-,21-,22-,23-;14-,15-;8-,9-,10-,11-/m000/s1. The Kier molecular flexibility index (Phi) is 36.1. The molecule has 2 aliphatic rings. The molecular formula is C62H121B3N8O18. The van der Waals surface area contributed by atoms with Gasteiger partial charge >= 0.3 is 45.4 Å². The fraction of sp³-hybridized carbons (Fsp3) is 0.871. The molecule has 5 amide bonds. The third-order valence-electron chi connectivity index (χ3n) is 16.6. The maximum Gasteiger partial charge on any atom is 0.457 e. The van der Waals surface area contributed by atoms with E-state index < -0.39 is 120 Å². The molecule has 0 aromatic carbocycles. The van der Waals surface area contributed by atoms with E-state index in [9.17, 15) is 38.4 Å². The Morgan fingerprint density at radius 2 is 0.890 bits per heavy atom. The predicted molar refractivity (Wildman–Crippen MR) is 353 cm³/mol. The van der Waals surface area contributed by atoms with Gasteiger partial charge in [-0.05, 0) is 174 Å². The molecule has 91 heavy (non-hydrogen) atoms. The van der Waals surface area contributed by atoms with Crippen molar-refractivity contribution in [1.29, 1.82) is 0 Å². The number of nitrogens with two attached hydrogens (primary N) is 3. The van der Waals surface area contributed by atoms with Crippen LogP contribution in [-0.4, -0.2) is 173 Å². The Balaban J connectivity index is 0.00000143. The third kappa shape index (κ3) is 32.9. The molecule has 2 rings (SSSR count). The van der Waals surface area contributed by atoms with Crippen molar-refractivity contribution in [1.82, 2.24) is 26.6 Å². The number of esters is 2. The van der Waals surface area contributed by atoms with Crippen LogP contribution < -0.4 is 43.8 Å². The van der Waals surface area contributed by atoms with Gasteiger partial charge in [-0.1, -0.05) is 59.8 Å². The van der Waals surface area contributed by atoms with E-state index in [4.69, 9.17) is 65.2 Å². The molecule has 0 bridgehead atoms. The molecule has 2 fully saturated rings. The van der Waals surface area contributed by atoms with Gasteiger partial charge in [0.15, 0.2) is 0 Å². The number of hydrogen-bond acceptors (Lipinski definition) is 20. The zero-order valence-corrected chi connectivity index (χ0v) is 59.6. The molecule has 29 heteroatoms. The van der Waals surface area contributed by atoms with Crippen LogP contribution in [0.1, 0.15) is 211 Å². The molecule has 10 atom stereocenters. The number of nitrogens with one attached hydrogen (secondary N) is 5. The molecule has 526 valence electrons. The van der Waals surface area contributed by atoms with E-state index in [-0.39, 0.29) is 73.8 Å². The summed E-state index contributed by atoms with van der Waals surface area (Å²) >= 11 is 0. The average Bonchev–Trinajstić information content (AvgIpc) is 1.66. The normalized spacial score (nSPS) is 19.0. The maximum absolute atomic E-state index is 13.4. The molecule has 2 heterocycles. The molecular weight excluding hydrogens is 1180 g/mol. The van der Waals surface area contributed by atoms with Crippen LogP contribution in [0.2, 0.25) is 19.0 Å². The number of alkyl carbamates (subject to hydrolysis) is 1. The number of carboxylic acids is 1. The summed E-state index contributed by atoms with van der Waals surface area (Å²) in [6, 6.07) is -4.39. The molecule has 0 aliphatic carbocycles. The summed E-state index contributed by atoms with van der Waals surface area (Å²) in [5.41, 5.74) is 13.6. The summed E-state index contributed by atoms with van der Waals surface area (Å²) in [6.45, 7) is 42.7. The van der Waals surface area contributed by atoms with Crippen LogP contribution in [0.25, 0.3) is 0 Å². The monoisotopic (exact) mass is 1300 g/mol. The minimum Gasteiger partial charge on any atom is -0.480 e. The van der Waals surface area contributed by atoms with Gasteiger partial charge in [0.2, 0.25) is 23.6 Å². The number of carbonyl (C=O) groups excluding carboxylic acids is 7. The summed E-state index contributed by atoms with van der Waals surface area (Å²) in [5.74, 6) is -4.99. The van der Waals surface area contributed by atoms with Crippen molar-refractivity contribution in [2.75, 3.05) is 19.6 Å². The number of aliphatic carboxylic acids is 1. The highest BCUT2D eigenvalue weighted by molar-refractivity contribution is 6.45. The lowest BCUT2D eigenvalue weighted by Gasteiger charge is -2.32. The zero-order chi connectivity index (χ0) is 71.0. The summed E-state index contributed by atoms with van der Waals surface area (Å²) in [4.78, 5) is 98.4. The Morgan fingerprint density at radius 1 is 0.527 bits per heavy atom. The van der Waals surface area contributed by atoms with Crippen LogP contribution in [0.15, 0.2) is 0 Å². The van der Waals surface area contributed by atoms with Crippen LogP contribution >= 0.6 is 0 Å². The molecule has 26 nitrogen and oxygen atoms in total. The first-order chi connectivity index (χ1) is 41.4. The zero-order valence-electron chi connectivity index (χ0n) is 59.6. The SMILES string of the molecule is CC(=O)N[C@H](C(=O)OC(C)(C)C)[C@H](CN)CCCB1OC(C)(C)C(C)(C)O1.CC[C@H](C)[C@H](N)C(=O)NC[C@H](CCCB(O)O)[C@H](N)C(=O)O.CC[C@H](C)[C@H](NC(=O)OC(C)(C)C)C(=O)NC[C@H](CCCB1OC(C)(C)C(C)(C)O1)[C@H](NC(C)=O)C(=O)OC(C)(C)C. The van der Waals surface area contributed by atoms with Crippen LogP contribution in [0, 0.1) is 29.6 Å². The van der Waals surface area contributed by atoms with Gasteiger partial charge in [0, 0.05) is 44.7 Å². The van der Waals surface area contributed by atoms with Crippen LogP contribution in [0.3, 0.4) is 0 Å². The summed E-state index contributed by atoms with van der Waals surface area (Å²) in [6.07, 6.45) is 5.35. The van der Waals surface area contributed by atoms with E-state index in [1.807, 2.05) is 83.1 Å². The van der Waals surface area contributed by atoms with Crippen LogP contribution in [0.4, 0.5) is 4.79 Å². The van der Waals surface area contributed by atoms with Gasteiger partial charge in [0.1, 0.15) is 41.0 Å². The van der Waals surface area contributed by atoms with E-state index in [2.05, 4.69) is 26.6 Å². The summed E-state index contributed by atoms with van der Waals surface area (Å²) in [7, 11) is -2.14. The molecule has 0 spiro atoms. The minimum absolute atomic E-state index is 0.0242. The largest absolute Gasteiger partial charge is 0.480 e. The second-order valence-corrected chi connectivity index (χ2v) is 29.4. The Labute approximate surface area is 545 Å². The fourth-order valence-corrected chi connectivity index (χ4v) is 9.49. The van der Waals surface area contributed by atoms with Crippen molar-refractivity contribution in [3.63, 3.8) is 0 Å². The van der Waals surface area contributed by atoms with Gasteiger partial charge < -0.3 is 91.8 Å². The molecule has 0 aromatic heterocycles. The topological polar surface area (TPSA) is 400 Å². The molecule has 0 saturated carbocycles. The molecule has 2 aliphatic heterocycles. The first kappa shape index (κ1) is 86.4. The second-order valence-electron chi connectivity index (χ2n) is 29.4. The Hall–Kier alpha value is -4.61. The first-order valence-electron chi connectivity index (χ1n) is 32.4. The van der Waals surface area contributed by atoms with Gasteiger partial charge in [-0.15, -0.1) is 0 Å². The van der Waals surface area contributed by atoms with Gasteiger partial charge in [0.25, 0.3) is 0 Å². The van der Waals surface area contributed by atoms with Crippen LogP contribution in [0.5, 0.6) is 0 Å². The highest BCUT2D eigenvalue weighted by atomic mass is 16.7. The molecule has 0 aromatic rings. The number of hydrogen-bond donors (Lipinski definition) is 11. The Bertz CT molecular complexity index is 2260. The molecule has 2 saturated heterocycles. The average molecular weight is 1300 g/mol. The van der Waals surface area contributed by atoms with Crippen molar-refractivity contribution in [3.8, 4) is 0 Å². The number of ether oxygens (including phenoxy) is 3.